The molecule has 0 saturated carbocycles. The van der Waals surface area contributed by atoms with Crippen LogP contribution in [0.3, 0.4) is 0 Å². The zero-order valence-electron chi connectivity index (χ0n) is 10.9. The number of aryl methyl sites for hydroxylation is 3. The van der Waals surface area contributed by atoms with Crippen LogP contribution in [0.25, 0.3) is 0 Å². The summed E-state index contributed by atoms with van der Waals surface area (Å²) in [6.45, 7) is 1.92. The first-order valence-corrected chi connectivity index (χ1v) is 7.34. The van der Waals surface area contributed by atoms with Crippen LogP contribution in [-0.2, 0) is 12.8 Å². The first-order chi connectivity index (χ1) is 9.19. The minimum absolute atomic E-state index is 0.0452. The average molecular weight is 276 g/mol. The van der Waals surface area contributed by atoms with Gasteiger partial charge in [-0.15, -0.1) is 11.3 Å². The second kappa shape index (κ2) is 5.04. The number of rotatable bonds is 3. The minimum Gasteiger partial charge on any atom is -0.271 e. The maximum Gasteiger partial charge on any atom is 0.123 e. The zero-order chi connectivity index (χ0) is 13.4. The molecule has 3 N–H and O–H groups in total. The predicted octanol–water partition coefficient (Wildman–Crippen LogP) is 3.24. The lowest BCUT2D eigenvalue weighted by Gasteiger charge is -2.17. The van der Waals surface area contributed by atoms with Crippen LogP contribution >= 0.6 is 11.3 Å². The van der Waals surface area contributed by atoms with Gasteiger partial charge in [-0.2, -0.15) is 0 Å². The average Bonchev–Trinajstić information content (AvgIpc) is 2.93. The lowest BCUT2D eigenvalue weighted by atomic mass is 10.00. The fraction of sp³-hybridized carbons (Fsp3) is 0.333. The molecule has 1 aromatic carbocycles. The van der Waals surface area contributed by atoms with Crippen LogP contribution in [-0.4, -0.2) is 0 Å². The lowest BCUT2D eigenvalue weighted by molar-refractivity contribution is 0.615. The van der Waals surface area contributed by atoms with Crippen LogP contribution in [0.15, 0.2) is 24.3 Å². The van der Waals surface area contributed by atoms with Crippen molar-refractivity contribution in [2.24, 2.45) is 5.84 Å². The van der Waals surface area contributed by atoms with Crippen LogP contribution in [0.2, 0.25) is 0 Å². The molecule has 0 fully saturated rings. The van der Waals surface area contributed by atoms with Crippen LogP contribution < -0.4 is 11.3 Å². The Labute approximate surface area is 116 Å². The molecular formula is C15H17FN2S. The molecule has 2 aromatic rings. The Hall–Kier alpha value is -1.23. The summed E-state index contributed by atoms with van der Waals surface area (Å²) in [6, 6.07) is 7.08. The Morgan fingerprint density at radius 1 is 1.32 bits per heavy atom. The third-order valence-electron chi connectivity index (χ3n) is 3.76. The topological polar surface area (TPSA) is 38.0 Å². The van der Waals surface area contributed by atoms with Gasteiger partial charge in [0.1, 0.15) is 5.82 Å². The third kappa shape index (κ3) is 2.31. The molecule has 100 valence electrons. The summed E-state index contributed by atoms with van der Waals surface area (Å²) in [7, 11) is 0. The van der Waals surface area contributed by atoms with Crippen molar-refractivity contribution < 1.29 is 4.39 Å². The largest absolute Gasteiger partial charge is 0.271 e. The number of thiophene rings is 1. The van der Waals surface area contributed by atoms with E-state index in [-0.39, 0.29) is 11.9 Å². The van der Waals surface area contributed by atoms with Gasteiger partial charge in [-0.3, -0.25) is 5.84 Å². The maximum atomic E-state index is 13.2. The van der Waals surface area contributed by atoms with Gasteiger partial charge in [0.05, 0.1) is 6.04 Å². The number of hydrogen-bond acceptors (Lipinski definition) is 3. The van der Waals surface area contributed by atoms with E-state index in [4.69, 9.17) is 5.84 Å². The molecule has 3 rings (SSSR count). The van der Waals surface area contributed by atoms with Crippen LogP contribution in [0, 0.1) is 12.7 Å². The Morgan fingerprint density at radius 2 is 2.16 bits per heavy atom. The number of hydrogen-bond donors (Lipinski definition) is 2. The SMILES string of the molecule is Cc1cc(F)ccc1C(NN)c1cc2c(s1)CCC2. The predicted molar refractivity (Wildman–Crippen MR) is 76.6 cm³/mol. The second-order valence-electron chi connectivity index (χ2n) is 5.05. The fourth-order valence-corrected chi connectivity index (χ4v) is 4.12. The Kier molecular flexibility index (Phi) is 3.39. The molecule has 0 bridgehead atoms. The van der Waals surface area contributed by atoms with Gasteiger partial charge in [0, 0.05) is 9.75 Å². The molecule has 2 nitrogen and oxygen atoms in total. The number of nitrogens with one attached hydrogen (secondary N) is 1. The molecule has 1 unspecified atom stereocenters. The molecule has 4 heteroatoms. The third-order valence-corrected chi connectivity index (χ3v) is 5.06. The van der Waals surface area contributed by atoms with Crippen molar-refractivity contribution in [2.75, 3.05) is 0 Å². The van der Waals surface area contributed by atoms with E-state index in [2.05, 4.69) is 11.5 Å². The van der Waals surface area contributed by atoms with Crippen molar-refractivity contribution in [1.82, 2.24) is 5.43 Å². The van der Waals surface area contributed by atoms with E-state index in [0.29, 0.717) is 0 Å². The number of nitrogens with two attached hydrogens (primary N) is 1. The quantitative estimate of drug-likeness (QED) is 0.667. The highest BCUT2D eigenvalue weighted by atomic mass is 32.1. The summed E-state index contributed by atoms with van der Waals surface area (Å²) in [5.41, 5.74) is 6.30. The second-order valence-corrected chi connectivity index (χ2v) is 6.22. The summed E-state index contributed by atoms with van der Waals surface area (Å²) in [4.78, 5) is 2.71. The Bertz CT molecular complexity index is 585. The highest BCUT2D eigenvalue weighted by Crippen LogP contribution is 2.36. The van der Waals surface area contributed by atoms with Crippen molar-refractivity contribution in [1.29, 1.82) is 0 Å². The lowest BCUT2D eigenvalue weighted by Crippen LogP contribution is -2.28. The molecule has 1 aliphatic rings. The molecular weight excluding hydrogens is 259 g/mol. The van der Waals surface area contributed by atoms with Gasteiger partial charge in [0.15, 0.2) is 0 Å². The fourth-order valence-electron chi connectivity index (χ4n) is 2.78. The molecule has 1 aromatic heterocycles. The molecule has 0 radical (unpaired) electrons. The molecule has 1 heterocycles. The monoisotopic (exact) mass is 276 g/mol. The standard InChI is InChI=1S/C15H17FN2S/c1-9-7-11(16)5-6-12(9)15(18-17)14-8-10-3-2-4-13(10)19-14/h5-8,15,18H,2-4,17H2,1H3. The molecule has 0 amide bonds. The first kappa shape index (κ1) is 12.8. The van der Waals surface area contributed by atoms with E-state index in [1.54, 1.807) is 6.07 Å². The number of halogens is 1. The van der Waals surface area contributed by atoms with E-state index < -0.39 is 0 Å². The highest BCUT2D eigenvalue weighted by molar-refractivity contribution is 7.12. The Balaban J connectivity index is 1.99. The van der Waals surface area contributed by atoms with Crippen LogP contribution in [0.4, 0.5) is 4.39 Å². The van der Waals surface area contributed by atoms with Crippen LogP contribution in [0.1, 0.15) is 38.9 Å². The van der Waals surface area contributed by atoms with Crippen molar-refractivity contribution in [3.63, 3.8) is 0 Å². The summed E-state index contributed by atoms with van der Waals surface area (Å²) >= 11 is 1.83. The van der Waals surface area contributed by atoms with E-state index in [9.17, 15) is 4.39 Å². The van der Waals surface area contributed by atoms with Crippen molar-refractivity contribution in [3.05, 3.63) is 56.5 Å². The molecule has 0 aliphatic heterocycles. The number of benzene rings is 1. The van der Waals surface area contributed by atoms with Gasteiger partial charge in [-0.05, 0) is 61.1 Å². The molecule has 1 aliphatic carbocycles. The maximum absolute atomic E-state index is 13.2. The van der Waals surface area contributed by atoms with E-state index in [1.165, 1.54) is 40.6 Å². The van der Waals surface area contributed by atoms with Crippen LogP contribution in [0.5, 0.6) is 0 Å². The normalized spacial score (nSPS) is 15.5. The molecule has 0 saturated heterocycles. The Morgan fingerprint density at radius 3 is 2.84 bits per heavy atom. The molecule has 1 atom stereocenters. The van der Waals surface area contributed by atoms with E-state index in [1.807, 2.05) is 24.3 Å². The summed E-state index contributed by atoms with van der Waals surface area (Å²) in [5, 5.41) is 0. The summed E-state index contributed by atoms with van der Waals surface area (Å²) < 4.78 is 13.2. The van der Waals surface area contributed by atoms with Crippen molar-refractivity contribution in [2.45, 2.75) is 32.2 Å². The highest BCUT2D eigenvalue weighted by Gasteiger charge is 2.21. The van der Waals surface area contributed by atoms with Crippen molar-refractivity contribution >= 4 is 11.3 Å². The molecule has 19 heavy (non-hydrogen) atoms. The molecule has 0 spiro atoms. The minimum atomic E-state index is -0.203. The summed E-state index contributed by atoms with van der Waals surface area (Å²) in [6.07, 6.45) is 3.61. The summed E-state index contributed by atoms with van der Waals surface area (Å²) in [5.74, 6) is 5.52. The van der Waals surface area contributed by atoms with Gasteiger partial charge >= 0.3 is 0 Å². The van der Waals surface area contributed by atoms with E-state index in [0.717, 1.165) is 11.1 Å². The van der Waals surface area contributed by atoms with Crippen molar-refractivity contribution in [3.8, 4) is 0 Å². The van der Waals surface area contributed by atoms with Gasteiger partial charge in [0.2, 0.25) is 0 Å². The van der Waals surface area contributed by atoms with Gasteiger partial charge in [-0.1, -0.05) is 6.07 Å². The first-order valence-electron chi connectivity index (χ1n) is 6.52. The number of fused-ring (bicyclic) bond motifs is 1. The van der Waals surface area contributed by atoms with Gasteiger partial charge in [0.25, 0.3) is 0 Å². The number of hydrazine groups is 1. The zero-order valence-corrected chi connectivity index (χ0v) is 11.7. The van der Waals surface area contributed by atoms with Gasteiger partial charge in [-0.25, -0.2) is 9.82 Å². The van der Waals surface area contributed by atoms with Gasteiger partial charge < -0.3 is 0 Å². The van der Waals surface area contributed by atoms with E-state index >= 15 is 0 Å². The smallest absolute Gasteiger partial charge is 0.123 e.